The Bertz CT molecular complexity index is 346. The molecule has 0 aliphatic carbocycles. The van der Waals surface area contributed by atoms with E-state index in [4.69, 9.17) is 5.14 Å². The molecule has 0 saturated carbocycles. The lowest BCUT2D eigenvalue weighted by atomic mass is 10.8. The van der Waals surface area contributed by atoms with Gasteiger partial charge in [0.2, 0.25) is 0 Å². The normalized spacial score (nSPS) is 12.8. The van der Waals surface area contributed by atoms with Gasteiger partial charge in [-0.3, -0.25) is 4.57 Å². The molecule has 0 spiro atoms. The molecular weight excluding hydrogens is 184 g/mol. The van der Waals surface area contributed by atoms with Crippen molar-refractivity contribution >= 4 is 16.8 Å². The average Bonchev–Trinajstić information content (AvgIpc) is 2.30. The van der Waals surface area contributed by atoms with Gasteiger partial charge in [-0.2, -0.15) is 0 Å². The lowest BCUT2D eigenvalue weighted by molar-refractivity contribution is -0.389. The van der Waals surface area contributed by atoms with E-state index in [0.29, 0.717) is 0 Å². The van der Waals surface area contributed by atoms with Crippen LogP contribution in [0.25, 0.3) is 0 Å². The topological polar surface area (TPSA) is 104 Å². The zero-order valence-corrected chi connectivity index (χ0v) is 6.95. The van der Waals surface area contributed by atoms with Crippen molar-refractivity contribution in [1.29, 1.82) is 0 Å². The number of hydrogen-bond acceptors (Lipinski definition) is 4. The van der Waals surface area contributed by atoms with Crippen LogP contribution in [0.1, 0.15) is 0 Å². The minimum Gasteiger partial charge on any atom is -0.358 e. The fourth-order valence-electron chi connectivity index (χ4n) is 0.709. The molecule has 0 bridgehead atoms. The smallest absolute Gasteiger partial charge is 0.358 e. The zero-order valence-electron chi connectivity index (χ0n) is 6.13. The molecule has 12 heavy (non-hydrogen) atoms. The van der Waals surface area contributed by atoms with Gasteiger partial charge in [-0.15, -0.1) is 0 Å². The summed E-state index contributed by atoms with van der Waals surface area (Å²) in [5.74, 6) is -0.355. The van der Waals surface area contributed by atoms with E-state index in [1.54, 1.807) is 0 Å². The van der Waals surface area contributed by atoms with Crippen LogP contribution >= 0.6 is 0 Å². The third-order valence-electron chi connectivity index (χ3n) is 1.19. The van der Waals surface area contributed by atoms with Gasteiger partial charge in [0.25, 0.3) is 0 Å². The number of aryl methyl sites for hydroxylation is 1. The van der Waals surface area contributed by atoms with Crippen molar-refractivity contribution in [3.05, 3.63) is 16.3 Å². The number of nitro groups is 1. The van der Waals surface area contributed by atoms with E-state index < -0.39 is 15.9 Å². The van der Waals surface area contributed by atoms with Crippen molar-refractivity contribution < 1.29 is 9.13 Å². The van der Waals surface area contributed by atoms with E-state index in [1.807, 2.05) is 0 Å². The third-order valence-corrected chi connectivity index (χ3v) is 1.93. The summed E-state index contributed by atoms with van der Waals surface area (Å²) in [5, 5.41) is 15.2. The van der Waals surface area contributed by atoms with Crippen LogP contribution in [-0.2, 0) is 18.0 Å². The summed E-state index contributed by atoms with van der Waals surface area (Å²) in [6, 6.07) is 0. The van der Waals surface area contributed by atoms with Gasteiger partial charge in [0.15, 0.2) is 11.0 Å². The molecule has 7 nitrogen and oxygen atoms in total. The SMILES string of the molecule is Cn1cc([N+](=O)[O-])nc1S(N)=O. The first-order chi connectivity index (χ1) is 5.52. The molecule has 0 fully saturated rings. The highest BCUT2D eigenvalue weighted by atomic mass is 32.2. The lowest BCUT2D eigenvalue weighted by Gasteiger charge is -1.87. The van der Waals surface area contributed by atoms with Crippen molar-refractivity contribution in [3.63, 3.8) is 0 Å². The molecule has 0 radical (unpaired) electrons. The summed E-state index contributed by atoms with van der Waals surface area (Å²) in [5.41, 5.74) is 0. The molecule has 0 saturated heterocycles. The quantitative estimate of drug-likeness (QED) is 0.492. The van der Waals surface area contributed by atoms with Crippen LogP contribution in [0.2, 0.25) is 0 Å². The minimum absolute atomic E-state index is 0.0123. The molecule has 8 heteroatoms. The largest absolute Gasteiger partial charge is 0.383 e. The molecule has 1 heterocycles. The molecular formula is C4H6N4O3S. The molecule has 0 aromatic carbocycles. The zero-order chi connectivity index (χ0) is 9.30. The number of nitrogens with zero attached hydrogens (tertiary/aromatic N) is 3. The van der Waals surface area contributed by atoms with E-state index in [1.165, 1.54) is 11.6 Å². The van der Waals surface area contributed by atoms with Crippen LogP contribution in [0.5, 0.6) is 0 Å². The maximum atomic E-state index is 10.7. The fourth-order valence-corrected chi connectivity index (χ4v) is 1.23. The lowest BCUT2D eigenvalue weighted by Crippen LogP contribution is -2.08. The average molecular weight is 190 g/mol. The Labute approximate surface area is 69.9 Å². The van der Waals surface area contributed by atoms with E-state index in [-0.39, 0.29) is 11.0 Å². The highest BCUT2D eigenvalue weighted by Crippen LogP contribution is 2.10. The van der Waals surface area contributed by atoms with Gasteiger partial charge in [-0.1, -0.05) is 0 Å². The van der Waals surface area contributed by atoms with Crippen molar-refractivity contribution in [3.8, 4) is 0 Å². The minimum atomic E-state index is -1.79. The summed E-state index contributed by atoms with van der Waals surface area (Å²) in [6.45, 7) is 0. The van der Waals surface area contributed by atoms with Crippen molar-refractivity contribution in [2.45, 2.75) is 5.16 Å². The summed E-state index contributed by atoms with van der Waals surface area (Å²) in [4.78, 5) is 13.0. The Morgan fingerprint density at radius 3 is 2.67 bits per heavy atom. The Morgan fingerprint density at radius 2 is 2.42 bits per heavy atom. The third kappa shape index (κ3) is 1.48. The van der Waals surface area contributed by atoms with E-state index in [2.05, 4.69) is 4.98 Å². The van der Waals surface area contributed by atoms with Crippen molar-refractivity contribution in [1.82, 2.24) is 9.55 Å². The molecule has 1 aromatic rings. The van der Waals surface area contributed by atoms with Gasteiger partial charge in [0.1, 0.15) is 6.20 Å². The summed E-state index contributed by atoms with van der Waals surface area (Å²) >= 11 is 0. The molecule has 0 amide bonds. The van der Waals surface area contributed by atoms with Gasteiger partial charge < -0.3 is 10.1 Å². The van der Waals surface area contributed by atoms with Crippen LogP contribution in [0.3, 0.4) is 0 Å². The second-order valence-electron chi connectivity index (χ2n) is 2.05. The first-order valence-electron chi connectivity index (χ1n) is 2.86. The van der Waals surface area contributed by atoms with Gasteiger partial charge in [-0.05, 0) is 9.91 Å². The van der Waals surface area contributed by atoms with Crippen LogP contribution in [0.4, 0.5) is 5.82 Å². The Hall–Kier alpha value is -1.28. The van der Waals surface area contributed by atoms with Gasteiger partial charge in [-0.25, -0.2) is 9.35 Å². The number of imidazole rings is 1. The van der Waals surface area contributed by atoms with E-state index in [0.717, 1.165) is 6.20 Å². The summed E-state index contributed by atoms with van der Waals surface area (Å²) < 4.78 is 11.9. The Morgan fingerprint density at radius 1 is 1.83 bits per heavy atom. The fraction of sp³-hybridized carbons (Fsp3) is 0.250. The first-order valence-corrected chi connectivity index (χ1v) is 4.07. The molecule has 0 aliphatic heterocycles. The predicted octanol–water partition coefficient (Wildman–Crippen LogP) is -0.690. The van der Waals surface area contributed by atoms with Gasteiger partial charge in [0.05, 0.1) is 0 Å². The van der Waals surface area contributed by atoms with Crippen molar-refractivity contribution in [2.24, 2.45) is 12.2 Å². The number of rotatable bonds is 2. The first kappa shape index (κ1) is 8.81. The number of aromatic nitrogens is 2. The highest BCUT2D eigenvalue weighted by Gasteiger charge is 2.19. The molecule has 66 valence electrons. The molecule has 2 N–H and O–H groups in total. The highest BCUT2D eigenvalue weighted by molar-refractivity contribution is 7.82. The van der Waals surface area contributed by atoms with Crippen molar-refractivity contribution in [2.75, 3.05) is 0 Å². The Kier molecular flexibility index (Phi) is 2.20. The standard InChI is InChI=1S/C4H6N4O3S/c1-7-2-3(8(9)10)6-4(7)12(5)11/h2H,5H2,1H3. The second-order valence-corrected chi connectivity index (χ2v) is 3.01. The van der Waals surface area contributed by atoms with Crippen LogP contribution in [0, 0.1) is 10.1 Å². The molecule has 0 aliphatic rings. The molecule has 1 aromatic heterocycles. The monoisotopic (exact) mass is 190 g/mol. The summed E-state index contributed by atoms with van der Waals surface area (Å²) in [6.07, 6.45) is 1.15. The molecule has 1 unspecified atom stereocenters. The predicted molar refractivity (Wildman–Crippen MR) is 40.5 cm³/mol. The molecule has 1 rings (SSSR count). The molecule has 1 atom stereocenters. The van der Waals surface area contributed by atoms with Crippen LogP contribution in [0.15, 0.2) is 11.4 Å². The van der Waals surface area contributed by atoms with Gasteiger partial charge in [0, 0.05) is 7.05 Å². The van der Waals surface area contributed by atoms with E-state index >= 15 is 0 Å². The maximum Gasteiger partial charge on any atom is 0.383 e. The van der Waals surface area contributed by atoms with Crippen LogP contribution in [-0.4, -0.2) is 18.7 Å². The number of nitrogens with two attached hydrogens (primary N) is 1. The number of hydrogen-bond donors (Lipinski definition) is 1. The maximum absolute atomic E-state index is 10.7. The van der Waals surface area contributed by atoms with Crippen LogP contribution < -0.4 is 5.14 Å². The van der Waals surface area contributed by atoms with E-state index in [9.17, 15) is 14.3 Å². The second kappa shape index (κ2) is 2.99. The van der Waals surface area contributed by atoms with Gasteiger partial charge >= 0.3 is 11.0 Å². The Balaban J connectivity index is 3.17. The summed E-state index contributed by atoms with van der Waals surface area (Å²) in [7, 11) is -0.303.